The van der Waals surface area contributed by atoms with Crippen molar-refractivity contribution in [3.05, 3.63) is 0 Å². The lowest BCUT2D eigenvalue weighted by atomic mass is 10.2. The van der Waals surface area contributed by atoms with Gasteiger partial charge in [-0.15, -0.1) is 0 Å². The summed E-state index contributed by atoms with van der Waals surface area (Å²) in [5.41, 5.74) is 0. The molecule has 194 valence electrons. The lowest BCUT2D eigenvalue weighted by Gasteiger charge is -2.11. The molecule has 0 fully saturated rings. The van der Waals surface area contributed by atoms with Crippen LogP contribution in [0.4, 0.5) is 0 Å². The van der Waals surface area contributed by atoms with Crippen molar-refractivity contribution in [1.29, 1.82) is 0 Å². The highest BCUT2D eigenvalue weighted by Crippen LogP contribution is 2.00. The van der Waals surface area contributed by atoms with Crippen molar-refractivity contribution in [2.24, 2.45) is 0 Å². The monoisotopic (exact) mass is 470 g/mol. The van der Waals surface area contributed by atoms with Crippen LogP contribution in [0.3, 0.4) is 0 Å². The van der Waals surface area contributed by atoms with E-state index >= 15 is 0 Å². The van der Waals surface area contributed by atoms with Crippen LogP contribution >= 0.6 is 0 Å². The van der Waals surface area contributed by atoms with Crippen LogP contribution in [0, 0.1) is 0 Å². The molecule has 0 amide bonds. The van der Waals surface area contributed by atoms with Gasteiger partial charge in [0, 0.05) is 0 Å². The van der Waals surface area contributed by atoms with E-state index in [1.807, 2.05) is 0 Å². The van der Waals surface area contributed by atoms with Crippen LogP contribution < -0.4 is 0 Å². The van der Waals surface area contributed by atoms with Crippen molar-refractivity contribution in [2.75, 3.05) is 112 Å². The van der Waals surface area contributed by atoms with Crippen LogP contribution in [-0.4, -0.2) is 129 Å². The van der Waals surface area contributed by atoms with Gasteiger partial charge >= 0.3 is 0 Å². The Hall–Kier alpha value is -0.400. The molecular weight excluding hydrogens is 424 g/mol. The van der Waals surface area contributed by atoms with Gasteiger partial charge < -0.3 is 48.1 Å². The Labute approximate surface area is 193 Å². The van der Waals surface area contributed by atoms with E-state index in [0.29, 0.717) is 106 Å². The van der Waals surface area contributed by atoms with E-state index in [1.165, 1.54) is 0 Å². The molecule has 1 unspecified atom stereocenters. The molecule has 10 heteroatoms. The van der Waals surface area contributed by atoms with Gasteiger partial charge in [-0.05, 0) is 6.42 Å². The summed E-state index contributed by atoms with van der Waals surface area (Å²) >= 11 is 0. The summed E-state index contributed by atoms with van der Waals surface area (Å²) in [6.07, 6.45) is 2.51. The SMILES string of the molecule is CCCCC(O)COCCOCCOCCOCCOCCOCCOCCOCCO. The fraction of sp³-hybridized carbons (Fsp3) is 1.00. The Morgan fingerprint density at radius 3 is 1.12 bits per heavy atom. The third-order valence-electron chi connectivity index (χ3n) is 4.04. The number of ether oxygens (including phenoxy) is 8. The van der Waals surface area contributed by atoms with Gasteiger partial charge in [0.05, 0.1) is 118 Å². The molecule has 0 radical (unpaired) electrons. The van der Waals surface area contributed by atoms with E-state index in [4.69, 9.17) is 43.0 Å². The molecule has 0 rings (SSSR count). The van der Waals surface area contributed by atoms with Crippen molar-refractivity contribution in [3.8, 4) is 0 Å². The second-order valence-electron chi connectivity index (χ2n) is 6.88. The molecule has 0 aliphatic heterocycles. The van der Waals surface area contributed by atoms with Crippen LogP contribution in [0.5, 0.6) is 0 Å². The zero-order valence-corrected chi connectivity index (χ0v) is 19.9. The maximum absolute atomic E-state index is 9.63. The summed E-state index contributed by atoms with van der Waals surface area (Å²) in [5.74, 6) is 0. The van der Waals surface area contributed by atoms with Gasteiger partial charge in [-0.3, -0.25) is 0 Å². The number of aliphatic hydroxyl groups is 2. The molecule has 0 aliphatic carbocycles. The maximum Gasteiger partial charge on any atom is 0.0773 e. The van der Waals surface area contributed by atoms with Crippen LogP contribution in [0.2, 0.25) is 0 Å². The molecule has 0 spiro atoms. The Morgan fingerprint density at radius 1 is 0.500 bits per heavy atom. The Morgan fingerprint density at radius 2 is 0.812 bits per heavy atom. The lowest BCUT2D eigenvalue weighted by molar-refractivity contribution is -0.0277. The summed E-state index contributed by atoms with van der Waals surface area (Å²) in [5, 5.41) is 18.2. The van der Waals surface area contributed by atoms with E-state index in [0.717, 1.165) is 19.3 Å². The summed E-state index contributed by atoms with van der Waals surface area (Å²) in [6, 6.07) is 0. The molecule has 1 atom stereocenters. The second kappa shape index (κ2) is 28.6. The fourth-order valence-corrected chi connectivity index (χ4v) is 2.35. The summed E-state index contributed by atoms with van der Waals surface area (Å²) < 4.78 is 42.8. The minimum absolute atomic E-state index is 0.0291. The quantitative estimate of drug-likeness (QED) is 0.158. The highest BCUT2D eigenvalue weighted by Gasteiger charge is 2.02. The molecule has 0 heterocycles. The Bertz CT molecular complexity index is 336. The average molecular weight is 471 g/mol. The van der Waals surface area contributed by atoms with Crippen molar-refractivity contribution in [3.63, 3.8) is 0 Å². The predicted octanol–water partition coefficient (Wildman–Crippen LogP) is 0.663. The van der Waals surface area contributed by atoms with E-state index in [1.54, 1.807) is 0 Å². The molecule has 0 aromatic rings. The molecule has 32 heavy (non-hydrogen) atoms. The smallest absolute Gasteiger partial charge is 0.0773 e. The largest absolute Gasteiger partial charge is 0.394 e. The van der Waals surface area contributed by atoms with Crippen molar-refractivity contribution in [2.45, 2.75) is 32.3 Å². The van der Waals surface area contributed by atoms with Crippen molar-refractivity contribution in [1.82, 2.24) is 0 Å². The van der Waals surface area contributed by atoms with E-state index in [2.05, 4.69) is 6.92 Å². The first kappa shape index (κ1) is 31.6. The minimum Gasteiger partial charge on any atom is -0.394 e. The van der Waals surface area contributed by atoms with Gasteiger partial charge in [-0.1, -0.05) is 19.8 Å². The summed E-state index contributed by atoms with van der Waals surface area (Å²) in [7, 11) is 0. The van der Waals surface area contributed by atoms with Crippen molar-refractivity contribution < 1.29 is 48.1 Å². The van der Waals surface area contributed by atoms with Crippen LogP contribution in [-0.2, 0) is 37.9 Å². The van der Waals surface area contributed by atoms with Gasteiger partial charge in [-0.2, -0.15) is 0 Å². The number of aliphatic hydroxyl groups excluding tert-OH is 2. The van der Waals surface area contributed by atoms with Gasteiger partial charge in [0.25, 0.3) is 0 Å². The molecule has 10 nitrogen and oxygen atoms in total. The maximum atomic E-state index is 9.63. The first-order valence-electron chi connectivity index (χ1n) is 11.7. The lowest BCUT2D eigenvalue weighted by Crippen LogP contribution is -2.18. The van der Waals surface area contributed by atoms with Crippen molar-refractivity contribution >= 4 is 0 Å². The van der Waals surface area contributed by atoms with Crippen LogP contribution in [0.25, 0.3) is 0 Å². The zero-order valence-electron chi connectivity index (χ0n) is 19.9. The van der Waals surface area contributed by atoms with Gasteiger partial charge in [0.1, 0.15) is 0 Å². The number of hydrogen-bond donors (Lipinski definition) is 2. The normalized spacial score (nSPS) is 12.5. The third kappa shape index (κ3) is 27.6. The molecule has 0 saturated heterocycles. The van der Waals surface area contributed by atoms with E-state index in [-0.39, 0.29) is 12.7 Å². The molecule has 0 saturated carbocycles. The standard InChI is InChI=1S/C22H46O10/c1-2-3-4-22(24)21-32-20-19-31-18-17-30-16-15-29-14-13-28-12-11-27-10-9-26-8-7-25-6-5-23/h22-24H,2-21H2,1H3. The van der Waals surface area contributed by atoms with Gasteiger partial charge in [0.15, 0.2) is 0 Å². The molecule has 0 aromatic carbocycles. The number of rotatable bonds is 28. The first-order chi connectivity index (χ1) is 15.8. The highest BCUT2D eigenvalue weighted by molar-refractivity contribution is 4.53. The van der Waals surface area contributed by atoms with Gasteiger partial charge in [0.2, 0.25) is 0 Å². The summed E-state index contributed by atoms with van der Waals surface area (Å²) in [4.78, 5) is 0. The molecule has 0 aliphatic rings. The topological polar surface area (TPSA) is 114 Å². The molecule has 0 aromatic heterocycles. The molecule has 2 N–H and O–H groups in total. The molecule has 0 bridgehead atoms. The summed E-state index contributed by atoms with van der Waals surface area (Å²) in [6.45, 7) is 9.89. The minimum atomic E-state index is -0.378. The average Bonchev–Trinajstić information content (AvgIpc) is 2.80. The van der Waals surface area contributed by atoms with Crippen LogP contribution in [0.15, 0.2) is 0 Å². The van der Waals surface area contributed by atoms with E-state index < -0.39 is 0 Å². The highest BCUT2D eigenvalue weighted by atomic mass is 16.6. The fourth-order valence-electron chi connectivity index (χ4n) is 2.35. The zero-order chi connectivity index (χ0) is 23.4. The first-order valence-corrected chi connectivity index (χ1v) is 11.7. The number of hydrogen-bond acceptors (Lipinski definition) is 10. The number of unbranched alkanes of at least 4 members (excludes halogenated alkanes) is 1. The second-order valence-corrected chi connectivity index (χ2v) is 6.88. The Kier molecular flexibility index (Phi) is 28.3. The predicted molar refractivity (Wildman–Crippen MR) is 119 cm³/mol. The Balaban J connectivity index is 3.04. The van der Waals surface area contributed by atoms with Gasteiger partial charge in [-0.25, -0.2) is 0 Å². The van der Waals surface area contributed by atoms with E-state index in [9.17, 15) is 5.11 Å². The van der Waals surface area contributed by atoms with Crippen LogP contribution in [0.1, 0.15) is 26.2 Å². The third-order valence-corrected chi connectivity index (χ3v) is 4.04. The molecular formula is C22H46O10.